The van der Waals surface area contributed by atoms with E-state index in [1.54, 1.807) is 12.1 Å². The first kappa shape index (κ1) is 12.5. The van der Waals surface area contributed by atoms with Crippen LogP contribution in [0.2, 0.25) is 0 Å². The van der Waals surface area contributed by atoms with Crippen molar-refractivity contribution in [2.24, 2.45) is 5.92 Å². The molecular weight excluding hydrogens is 217 g/mol. The van der Waals surface area contributed by atoms with Gasteiger partial charge in [0.25, 0.3) is 0 Å². The van der Waals surface area contributed by atoms with Gasteiger partial charge in [0.05, 0.1) is 6.10 Å². The molecule has 0 bridgehead atoms. The number of piperidine rings is 1. The molecule has 1 aliphatic heterocycles. The van der Waals surface area contributed by atoms with E-state index in [4.69, 9.17) is 0 Å². The molecule has 0 radical (unpaired) electrons. The zero-order valence-electron chi connectivity index (χ0n) is 10.3. The first-order chi connectivity index (χ1) is 8.15. The molecule has 1 aromatic carbocycles. The Labute approximate surface area is 102 Å². The van der Waals surface area contributed by atoms with Gasteiger partial charge in [-0.05, 0) is 43.0 Å². The van der Waals surface area contributed by atoms with Crippen LogP contribution >= 0.6 is 0 Å². The highest BCUT2D eigenvalue weighted by Crippen LogP contribution is 2.20. The van der Waals surface area contributed by atoms with E-state index < -0.39 is 6.10 Å². The Hall–Kier alpha value is -0.930. The van der Waals surface area contributed by atoms with Crippen LogP contribution in [0.15, 0.2) is 24.3 Å². The number of aliphatic hydroxyl groups is 1. The molecule has 2 unspecified atom stereocenters. The molecular formula is C14H20FNO. The van der Waals surface area contributed by atoms with Crippen molar-refractivity contribution in [1.82, 2.24) is 4.90 Å². The molecule has 1 fully saturated rings. The average Bonchev–Trinajstić information content (AvgIpc) is 2.29. The van der Waals surface area contributed by atoms with Gasteiger partial charge in [0.15, 0.2) is 0 Å². The van der Waals surface area contributed by atoms with E-state index in [-0.39, 0.29) is 5.82 Å². The Morgan fingerprint density at radius 3 is 2.76 bits per heavy atom. The van der Waals surface area contributed by atoms with E-state index in [0.29, 0.717) is 12.5 Å². The number of hydrogen-bond acceptors (Lipinski definition) is 2. The number of hydrogen-bond donors (Lipinski definition) is 1. The Balaban J connectivity index is 1.91. The maximum absolute atomic E-state index is 12.8. The lowest BCUT2D eigenvalue weighted by Crippen LogP contribution is -2.37. The van der Waals surface area contributed by atoms with Crippen LogP contribution < -0.4 is 0 Å². The highest BCUT2D eigenvalue weighted by atomic mass is 19.1. The summed E-state index contributed by atoms with van der Waals surface area (Å²) in [4.78, 5) is 2.29. The van der Waals surface area contributed by atoms with E-state index >= 15 is 0 Å². The van der Waals surface area contributed by atoms with Crippen LogP contribution in [0.3, 0.4) is 0 Å². The van der Waals surface area contributed by atoms with Gasteiger partial charge in [-0.3, -0.25) is 0 Å². The lowest BCUT2D eigenvalue weighted by atomic mass is 9.99. The number of halogens is 1. The van der Waals surface area contributed by atoms with Gasteiger partial charge >= 0.3 is 0 Å². The molecule has 1 heterocycles. The monoisotopic (exact) mass is 237 g/mol. The number of nitrogens with zero attached hydrogens (tertiary/aromatic N) is 1. The second-order valence-corrected chi connectivity index (χ2v) is 5.07. The fourth-order valence-corrected chi connectivity index (χ4v) is 2.49. The van der Waals surface area contributed by atoms with Crippen molar-refractivity contribution >= 4 is 0 Å². The van der Waals surface area contributed by atoms with Crippen LogP contribution in [0, 0.1) is 11.7 Å². The van der Waals surface area contributed by atoms with Crippen molar-refractivity contribution in [2.45, 2.75) is 25.9 Å². The molecule has 1 saturated heterocycles. The normalized spacial score (nSPS) is 23.6. The van der Waals surface area contributed by atoms with E-state index in [0.717, 1.165) is 18.7 Å². The van der Waals surface area contributed by atoms with Crippen molar-refractivity contribution in [3.05, 3.63) is 35.6 Å². The van der Waals surface area contributed by atoms with Crippen molar-refractivity contribution in [2.75, 3.05) is 19.6 Å². The minimum atomic E-state index is -0.513. The number of likely N-dealkylation sites (tertiary alicyclic amines) is 1. The molecule has 1 N–H and O–H groups in total. The number of aliphatic hydroxyl groups excluding tert-OH is 1. The van der Waals surface area contributed by atoms with E-state index in [1.165, 1.54) is 25.0 Å². The van der Waals surface area contributed by atoms with E-state index in [2.05, 4.69) is 11.8 Å². The standard InChI is InChI=1S/C14H20FNO/c1-11-3-2-8-16(9-11)10-14(17)12-4-6-13(15)7-5-12/h4-7,11,14,17H,2-3,8-10H2,1H3. The summed E-state index contributed by atoms with van der Waals surface area (Å²) in [6, 6.07) is 6.12. The molecule has 94 valence electrons. The lowest BCUT2D eigenvalue weighted by Gasteiger charge is -2.32. The van der Waals surface area contributed by atoms with Crippen LogP contribution in [0.25, 0.3) is 0 Å². The van der Waals surface area contributed by atoms with Gasteiger partial charge in [-0.15, -0.1) is 0 Å². The second kappa shape index (κ2) is 5.61. The quantitative estimate of drug-likeness (QED) is 0.873. The molecule has 0 aromatic heterocycles. The summed E-state index contributed by atoms with van der Waals surface area (Å²) < 4.78 is 12.8. The first-order valence-corrected chi connectivity index (χ1v) is 6.31. The van der Waals surface area contributed by atoms with Gasteiger partial charge in [-0.1, -0.05) is 19.1 Å². The molecule has 1 aliphatic rings. The van der Waals surface area contributed by atoms with E-state index in [9.17, 15) is 9.50 Å². The van der Waals surface area contributed by atoms with Crippen molar-refractivity contribution in [3.8, 4) is 0 Å². The third-order valence-corrected chi connectivity index (χ3v) is 3.43. The lowest BCUT2D eigenvalue weighted by molar-refractivity contribution is 0.0875. The summed E-state index contributed by atoms with van der Waals surface area (Å²) in [5.74, 6) is 0.455. The van der Waals surface area contributed by atoms with Crippen LogP contribution in [0.1, 0.15) is 31.4 Å². The van der Waals surface area contributed by atoms with Gasteiger partial charge in [0.2, 0.25) is 0 Å². The van der Waals surface area contributed by atoms with Crippen LogP contribution in [-0.2, 0) is 0 Å². The predicted octanol–water partition coefficient (Wildman–Crippen LogP) is 2.59. The van der Waals surface area contributed by atoms with Gasteiger partial charge in [0.1, 0.15) is 5.82 Å². The van der Waals surface area contributed by atoms with Crippen molar-refractivity contribution < 1.29 is 9.50 Å². The zero-order chi connectivity index (χ0) is 12.3. The fraction of sp³-hybridized carbons (Fsp3) is 0.571. The Bertz CT molecular complexity index is 352. The third-order valence-electron chi connectivity index (χ3n) is 3.43. The third kappa shape index (κ3) is 3.51. The van der Waals surface area contributed by atoms with Gasteiger partial charge in [0, 0.05) is 13.1 Å². The van der Waals surface area contributed by atoms with Gasteiger partial charge in [-0.25, -0.2) is 4.39 Å². The highest BCUT2D eigenvalue weighted by Gasteiger charge is 2.19. The minimum Gasteiger partial charge on any atom is -0.387 e. The molecule has 1 aromatic rings. The zero-order valence-corrected chi connectivity index (χ0v) is 10.3. The molecule has 17 heavy (non-hydrogen) atoms. The number of benzene rings is 1. The van der Waals surface area contributed by atoms with Gasteiger partial charge < -0.3 is 10.0 Å². The molecule has 0 spiro atoms. The summed E-state index contributed by atoms with van der Waals surface area (Å²) in [5.41, 5.74) is 0.796. The molecule has 3 heteroatoms. The molecule has 0 aliphatic carbocycles. The minimum absolute atomic E-state index is 0.257. The van der Waals surface area contributed by atoms with E-state index in [1.807, 2.05) is 0 Å². The predicted molar refractivity (Wildman–Crippen MR) is 66.2 cm³/mol. The van der Waals surface area contributed by atoms with Crippen molar-refractivity contribution in [3.63, 3.8) is 0 Å². The largest absolute Gasteiger partial charge is 0.387 e. The summed E-state index contributed by atoms with van der Waals surface area (Å²) in [5, 5.41) is 10.1. The first-order valence-electron chi connectivity index (χ1n) is 6.31. The van der Waals surface area contributed by atoms with Crippen LogP contribution in [0.4, 0.5) is 4.39 Å². The van der Waals surface area contributed by atoms with Crippen molar-refractivity contribution in [1.29, 1.82) is 0 Å². The SMILES string of the molecule is CC1CCCN(CC(O)c2ccc(F)cc2)C1. The molecule has 0 amide bonds. The Morgan fingerprint density at radius 2 is 2.12 bits per heavy atom. The summed E-state index contributed by atoms with van der Waals surface area (Å²) >= 11 is 0. The molecule has 0 saturated carbocycles. The number of β-amino-alcohol motifs (C(OH)–C–C–N with tert-alkyl or cyclic N) is 1. The Kier molecular flexibility index (Phi) is 4.13. The molecule has 2 atom stereocenters. The fourth-order valence-electron chi connectivity index (χ4n) is 2.49. The molecule has 2 rings (SSSR count). The smallest absolute Gasteiger partial charge is 0.123 e. The topological polar surface area (TPSA) is 23.5 Å². The maximum atomic E-state index is 12.8. The summed E-state index contributed by atoms with van der Waals surface area (Å²) in [7, 11) is 0. The van der Waals surface area contributed by atoms with Crippen LogP contribution in [0.5, 0.6) is 0 Å². The summed E-state index contributed by atoms with van der Waals surface area (Å²) in [6.07, 6.45) is 1.97. The maximum Gasteiger partial charge on any atom is 0.123 e. The second-order valence-electron chi connectivity index (χ2n) is 5.07. The van der Waals surface area contributed by atoms with Gasteiger partial charge in [-0.2, -0.15) is 0 Å². The number of rotatable bonds is 3. The summed E-state index contributed by atoms with van der Waals surface area (Å²) in [6.45, 7) is 5.01. The molecule has 2 nitrogen and oxygen atoms in total. The van der Waals surface area contributed by atoms with Crippen LogP contribution in [-0.4, -0.2) is 29.6 Å². The Morgan fingerprint density at radius 1 is 1.41 bits per heavy atom. The average molecular weight is 237 g/mol. The highest BCUT2D eigenvalue weighted by molar-refractivity contribution is 5.18.